The van der Waals surface area contributed by atoms with Crippen molar-refractivity contribution >= 4 is 38.9 Å². The summed E-state index contributed by atoms with van der Waals surface area (Å²) in [4.78, 5) is 23.7. The number of sulfone groups is 1. The number of benzene rings is 1. The molecule has 9 heteroatoms. The van der Waals surface area contributed by atoms with Crippen molar-refractivity contribution in [3.63, 3.8) is 0 Å². The van der Waals surface area contributed by atoms with Crippen molar-refractivity contribution in [1.82, 2.24) is 9.97 Å². The number of aromatic nitrogens is 2. The van der Waals surface area contributed by atoms with E-state index in [0.29, 0.717) is 28.0 Å². The van der Waals surface area contributed by atoms with E-state index in [2.05, 4.69) is 26.3 Å². The quantitative estimate of drug-likeness (QED) is 0.455. The van der Waals surface area contributed by atoms with Crippen LogP contribution in [0.4, 0.5) is 11.5 Å². The molecule has 0 unspecified atom stereocenters. The smallest absolute Gasteiger partial charge is 0.255 e. The second-order valence-electron chi connectivity index (χ2n) is 8.96. The third kappa shape index (κ3) is 6.80. The molecule has 3 heterocycles. The Morgan fingerprint density at radius 3 is 2.63 bits per heavy atom. The first-order valence-electron chi connectivity index (χ1n) is 11.7. The van der Waals surface area contributed by atoms with E-state index in [1.165, 1.54) is 17.8 Å². The van der Waals surface area contributed by atoms with Crippen LogP contribution < -0.4 is 10.2 Å². The lowest BCUT2D eigenvalue weighted by Crippen LogP contribution is -2.35. The van der Waals surface area contributed by atoms with Crippen molar-refractivity contribution in [3.8, 4) is 0 Å². The molecule has 1 aliphatic heterocycles. The van der Waals surface area contributed by atoms with Gasteiger partial charge in [-0.15, -0.1) is 0 Å². The molecule has 184 valence electrons. The monoisotopic (exact) mass is 512 g/mol. The number of rotatable bonds is 8. The maximum Gasteiger partial charge on any atom is 0.255 e. The molecule has 0 spiro atoms. The highest BCUT2D eigenvalue weighted by molar-refractivity contribution is 7.90. The van der Waals surface area contributed by atoms with Gasteiger partial charge in [-0.05, 0) is 73.9 Å². The first kappa shape index (κ1) is 25.1. The number of nitrogens with zero attached hydrogens (tertiary/aromatic N) is 3. The molecule has 4 rings (SSSR count). The van der Waals surface area contributed by atoms with Gasteiger partial charge in [0.2, 0.25) is 0 Å². The van der Waals surface area contributed by atoms with Crippen LogP contribution in [0.5, 0.6) is 0 Å². The molecule has 0 aliphatic carbocycles. The summed E-state index contributed by atoms with van der Waals surface area (Å²) >= 11 is 6.03. The number of piperidine rings is 1. The van der Waals surface area contributed by atoms with Gasteiger partial charge < -0.3 is 10.2 Å². The molecule has 0 radical (unpaired) electrons. The predicted octanol–water partition coefficient (Wildman–Crippen LogP) is 5.03. The van der Waals surface area contributed by atoms with E-state index in [4.69, 9.17) is 11.6 Å². The first-order chi connectivity index (χ1) is 16.8. The number of hydrogen-bond acceptors (Lipinski definition) is 6. The Balaban J connectivity index is 1.44. The van der Waals surface area contributed by atoms with E-state index in [1.807, 2.05) is 12.3 Å². The van der Waals surface area contributed by atoms with E-state index in [9.17, 15) is 13.2 Å². The van der Waals surface area contributed by atoms with Crippen LogP contribution in [0.1, 0.15) is 41.6 Å². The van der Waals surface area contributed by atoms with E-state index in [1.54, 1.807) is 30.5 Å². The molecule has 1 aliphatic rings. The second-order valence-corrected chi connectivity index (χ2v) is 11.4. The van der Waals surface area contributed by atoms with Gasteiger partial charge in [0.25, 0.3) is 5.91 Å². The van der Waals surface area contributed by atoms with E-state index >= 15 is 0 Å². The molecule has 7 nitrogen and oxygen atoms in total. The lowest BCUT2D eigenvalue weighted by molar-refractivity contribution is 0.102. The lowest BCUT2D eigenvalue weighted by atomic mass is 9.91. The van der Waals surface area contributed by atoms with Crippen LogP contribution in [-0.4, -0.2) is 43.6 Å². The normalized spacial score (nSPS) is 14.6. The van der Waals surface area contributed by atoms with Crippen molar-refractivity contribution in [3.05, 3.63) is 77.2 Å². The Morgan fingerprint density at radius 2 is 1.94 bits per heavy atom. The summed E-state index contributed by atoms with van der Waals surface area (Å²) in [6, 6.07) is 12.2. The van der Waals surface area contributed by atoms with E-state index < -0.39 is 9.84 Å². The molecule has 0 saturated carbocycles. The Hall–Kier alpha value is -2.97. The molecule has 1 fully saturated rings. The molecule has 0 atom stereocenters. The minimum absolute atomic E-state index is 0.0629. The SMILES string of the molecule is CS(=O)(=O)c1cnc(N2CCC(CCCc3cccnc3)CC2)c(NC(=O)c2cccc(Cl)c2)c1. The number of carbonyl (C=O) groups excluding carboxylic acids is 1. The summed E-state index contributed by atoms with van der Waals surface area (Å²) in [5.74, 6) is 0.843. The summed E-state index contributed by atoms with van der Waals surface area (Å²) in [6.07, 6.45) is 11.6. The van der Waals surface area contributed by atoms with Gasteiger partial charge in [-0.2, -0.15) is 0 Å². The number of anilines is 2. The molecule has 3 aromatic rings. The molecule has 1 N–H and O–H groups in total. The van der Waals surface area contributed by atoms with Crippen LogP contribution in [0.25, 0.3) is 0 Å². The van der Waals surface area contributed by atoms with Gasteiger partial charge in [-0.3, -0.25) is 9.78 Å². The molecular weight excluding hydrogens is 484 g/mol. The van der Waals surface area contributed by atoms with Gasteiger partial charge in [0.1, 0.15) is 0 Å². The Kier molecular flexibility index (Phi) is 8.03. The van der Waals surface area contributed by atoms with Crippen LogP contribution in [-0.2, 0) is 16.3 Å². The van der Waals surface area contributed by atoms with Crippen LogP contribution >= 0.6 is 11.6 Å². The number of pyridine rings is 2. The second kappa shape index (κ2) is 11.2. The summed E-state index contributed by atoms with van der Waals surface area (Å²) in [6.45, 7) is 1.59. The average Bonchev–Trinajstić information content (AvgIpc) is 2.85. The Bertz CT molecular complexity index is 1280. The molecule has 1 saturated heterocycles. The van der Waals surface area contributed by atoms with Crippen LogP contribution in [0.15, 0.2) is 66.0 Å². The van der Waals surface area contributed by atoms with Gasteiger partial charge in [0.05, 0.1) is 10.6 Å². The minimum Gasteiger partial charge on any atom is -0.355 e. The maximum atomic E-state index is 12.9. The highest BCUT2D eigenvalue weighted by Crippen LogP contribution is 2.32. The fraction of sp³-hybridized carbons (Fsp3) is 0.346. The van der Waals surface area contributed by atoms with Gasteiger partial charge in [-0.25, -0.2) is 13.4 Å². The molecular formula is C26H29ClN4O3S. The Labute approximate surface area is 211 Å². The largest absolute Gasteiger partial charge is 0.355 e. The van der Waals surface area contributed by atoms with Crippen LogP contribution in [0.2, 0.25) is 5.02 Å². The summed E-state index contributed by atoms with van der Waals surface area (Å²) in [5.41, 5.74) is 2.04. The van der Waals surface area contributed by atoms with E-state index in [-0.39, 0.29) is 10.8 Å². The molecule has 35 heavy (non-hydrogen) atoms. The highest BCUT2D eigenvalue weighted by Gasteiger charge is 2.24. The minimum atomic E-state index is -3.48. The zero-order chi connectivity index (χ0) is 24.8. The zero-order valence-electron chi connectivity index (χ0n) is 19.7. The number of amides is 1. The maximum absolute atomic E-state index is 12.9. The van der Waals surface area contributed by atoms with Crippen LogP contribution in [0, 0.1) is 5.92 Å². The van der Waals surface area contributed by atoms with Gasteiger partial charge in [0, 0.05) is 48.5 Å². The third-order valence-corrected chi connectivity index (χ3v) is 7.63. The fourth-order valence-electron chi connectivity index (χ4n) is 4.38. The van der Waals surface area contributed by atoms with Crippen molar-refractivity contribution in [2.75, 3.05) is 29.6 Å². The number of hydrogen-bond donors (Lipinski definition) is 1. The fourth-order valence-corrected chi connectivity index (χ4v) is 5.15. The van der Waals surface area contributed by atoms with Crippen molar-refractivity contribution in [1.29, 1.82) is 0 Å². The van der Waals surface area contributed by atoms with Crippen LogP contribution in [0.3, 0.4) is 0 Å². The summed E-state index contributed by atoms with van der Waals surface area (Å²) in [5, 5.41) is 3.31. The Morgan fingerprint density at radius 1 is 1.14 bits per heavy atom. The summed E-state index contributed by atoms with van der Waals surface area (Å²) < 4.78 is 24.3. The third-order valence-electron chi connectivity index (χ3n) is 6.32. The van der Waals surface area contributed by atoms with Crippen molar-refractivity contribution in [2.45, 2.75) is 37.0 Å². The predicted molar refractivity (Wildman–Crippen MR) is 139 cm³/mol. The number of halogens is 1. The average molecular weight is 513 g/mol. The lowest BCUT2D eigenvalue weighted by Gasteiger charge is -2.34. The molecule has 0 bridgehead atoms. The first-order valence-corrected chi connectivity index (χ1v) is 14.0. The zero-order valence-corrected chi connectivity index (χ0v) is 21.2. The molecule has 1 amide bonds. The van der Waals surface area contributed by atoms with Gasteiger partial charge in [-0.1, -0.05) is 23.7 Å². The molecule has 1 aromatic carbocycles. The van der Waals surface area contributed by atoms with E-state index in [0.717, 1.165) is 51.4 Å². The van der Waals surface area contributed by atoms with Gasteiger partial charge in [0.15, 0.2) is 15.7 Å². The number of nitrogens with one attached hydrogen (secondary N) is 1. The topological polar surface area (TPSA) is 92.3 Å². The van der Waals surface area contributed by atoms with Gasteiger partial charge >= 0.3 is 0 Å². The number of carbonyl (C=O) groups is 1. The van der Waals surface area contributed by atoms with Crippen molar-refractivity contribution < 1.29 is 13.2 Å². The standard InChI is InChI=1S/C26H29ClN4O3S/c1-35(33,34)23-16-24(30-26(32)21-8-3-9-22(27)15-21)25(29-18-23)31-13-10-19(11-14-31)5-2-6-20-7-4-12-28-17-20/h3-4,7-9,12,15-19H,2,5-6,10-11,13-14H2,1H3,(H,30,32). The molecule has 2 aromatic heterocycles. The number of aryl methyl sites for hydroxylation is 1. The summed E-state index contributed by atoms with van der Waals surface area (Å²) in [7, 11) is -3.48. The van der Waals surface area contributed by atoms with Crippen molar-refractivity contribution in [2.24, 2.45) is 5.92 Å². The highest BCUT2D eigenvalue weighted by atomic mass is 35.5.